The topological polar surface area (TPSA) is 261 Å². The summed E-state index contributed by atoms with van der Waals surface area (Å²) in [6.07, 6.45) is 10.9. The van der Waals surface area contributed by atoms with Gasteiger partial charge in [0.15, 0.2) is 5.71 Å². The SMILES string of the molecule is CC1(C)C(=CC=C2CCCC(C=CC3=[N+](CCCCS(=O)(=O)O)c4ccc(S(=O)(=O)O)cc4C3(C)C)=C2Sc2ccc(CC(=O)O)cc2)N(CCCCS(=O)(=O)O)c2ccc(S(=O)(=O)O)cc21. The van der Waals surface area contributed by atoms with Gasteiger partial charge in [0.25, 0.3) is 40.5 Å². The number of unbranched alkanes of at least 4 members (excludes halogenated alkanes) is 2. The molecule has 0 fully saturated rings. The Labute approximate surface area is 396 Å². The van der Waals surface area contributed by atoms with E-state index in [1.807, 2.05) is 73.6 Å². The van der Waals surface area contributed by atoms with Gasteiger partial charge in [-0.25, -0.2) is 0 Å². The number of carbonyl (C=O) groups is 1. The molecule has 362 valence electrons. The maximum absolute atomic E-state index is 12.3. The Morgan fingerprint density at radius 3 is 1.91 bits per heavy atom. The zero-order valence-electron chi connectivity index (χ0n) is 37.4. The quantitative estimate of drug-likeness (QED) is 0.0434. The molecule has 16 nitrogen and oxygen atoms in total. The lowest BCUT2D eigenvalue weighted by Crippen LogP contribution is -2.28. The molecule has 0 unspecified atom stereocenters. The Kier molecular flexibility index (Phi) is 15.4. The first-order chi connectivity index (χ1) is 31.1. The van der Waals surface area contributed by atoms with E-state index in [1.54, 1.807) is 24.3 Å². The van der Waals surface area contributed by atoms with Gasteiger partial charge in [0.2, 0.25) is 5.69 Å². The Bertz CT molecular complexity index is 3080. The van der Waals surface area contributed by atoms with Gasteiger partial charge in [0.1, 0.15) is 6.54 Å². The second-order valence-electron chi connectivity index (χ2n) is 17.8. The van der Waals surface area contributed by atoms with Crippen molar-refractivity contribution in [2.45, 2.75) is 105 Å². The number of fused-ring (bicyclic) bond motifs is 2. The van der Waals surface area contributed by atoms with Gasteiger partial charge in [-0.2, -0.15) is 38.2 Å². The zero-order chi connectivity index (χ0) is 49.3. The molecule has 3 aromatic carbocycles. The minimum Gasteiger partial charge on any atom is -0.481 e. The van der Waals surface area contributed by atoms with Crippen LogP contribution in [0.2, 0.25) is 0 Å². The lowest BCUT2D eigenvalue weighted by molar-refractivity contribution is -0.438. The maximum atomic E-state index is 12.3. The van der Waals surface area contributed by atoms with Gasteiger partial charge < -0.3 is 10.0 Å². The smallest absolute Gasteiger partial charge is 0.307 e. The van der Waals surface area contributed by atoms with Crippen LogP contribution in [0.15, 0.2) is 121 Å². The van der Waals surface area contributed by atoms with Crippen molar-refractivity contribution in [3.63, 3.8) is 0 Å². The lowest BCUT2D eigenvalue weighted by Gasteiger charge is -2.27. The van der Waals surface area contributed by atoms with Crippen LogP contribution < -0.4 is 4.90 Å². The third-order valence-corrected chi connectivity index (χ3v) is 16.8. The fraction of sp³-hybridized carbons (Fsp3) is 0.391. The predicted octanol–water partition coefficient (Wildman–Crippen LogP) is 7.91. The van der Waals surface area contributed by atoms with Crippen LogP contribution in [0.3, 0.4) is 0 Å². The van der Waals surface area contributed by atoms with Crippen LogP contribution in [-0.2, 0) is 62.5 Å². The highest BCUT2D eigenvalue weighted by atomic mass is 32.2. The summed E-state index contributed by atoms with van der Waals surface area (Å²) >= 11 is 1.49. The van der Waals surface area contributed by atoms with Crippen LogP contribution in [-0.4, -0.2) is 97.8 Å². The minimum absolute atomic E-state index is 0.147. The molecule has 2 aliphatic heterocycles. The first-order valence-electron chi connectivity index (χ1n) is 21.4. The number of benzene rings is 3. The van der Waals surface area contributed by atoms with Crippen molar-refractivity contribution >= 4 is 75.3 Å². The maximum Gasteiger partial charge on any atom is 0.307 e. The molecule has 0 saturated carbocycles. The van der Waals surface area contributed by atoms with Gasteiger partial charge in [0, 0.05) is 57.3 Å². The molecule has 0 saturated heterocycles. The van der Waals surface area contributed by atoms with E-state index in [4.69, 9.17) is 0 Å². The first kappa shape index (κ1) is 51.9. The molecule has 1 aliphatic carbocycles. The summed E-state index contributed by atoms with van der Waals surface area (Å²) in [6.45, 7) is 8.35. The van der Waals surface area contributed by atoms with Crippen molar-refractivity contribution in [2.24, 2.45) is 0 Å². The fourth-order valence-electron chi connectivity index (χ4n) is 8.90. The summed E-state index contributed by atoms with van der Waals surface area (Å²) in [5.41, 5.74) is 5.08. The largest absolute Gasteiger partial charge is 0.481 e. The van der Waals surface area contributed by atoms with Crippen molar-refractivity contribution in [3.05, 3.63) is 123 Å². The third-order valence-electron chi connectivity index (χ3n) is 12.2. The highest BCUT2D eigenvalue weighted by Gasteiger charge is 2.45. The van der Waals surface area contributed by atoms with Crippen molar-refractivity contribution in [1.29, 1.82) is 0 Å². The first-order valence-corrected chi connectivity index (χ1v) is 28.4. The van der Waals surface area contributed by atoms with E-state index in [9.17, 15) is 61.8 Å². The molecule has 67 heavy (non-hydrogen) atoms. The zero-order valence-corrected chi connectivity index (χ0v) is 41.5. The summed E-state index contributed by atoms with van der Waals surface area (Å²) in [5.74, 6) is -1.82. The molecule has 3 aromatic rings. The molecule has 2 heterocycles. The van der Waals surface area contributed by atoms with Crippen LogP contribution in [0.5, 0.6) is 0 Å². The molecule has 6 rings (SSSR count). The number of hydrogen-bond donors (Lipinski definition) is 5. The number of aliphatic carboxylic acids is 1. The molecule has 5 N–H and O–H groups in total. The van der Waals surface area contributed by atoms with E-state index in [1.165, 1.54) is 36.0 Å². The predicted molar refractivity (Wildman–Crippen MR) is 257 cm³/mol. The summed E-state index contributed by atoms with van der Waals surface area (Å²) in [4.78, 5) is 14.7. The monoisotopic (exact) mass is 1020 g/mol. The molecular weight excluding hydrogens is 965 g/mol. The van der Waals surface area contributed by atoms with Gasteiger partial charge in [0.05, 0.1) is 33.1 Å². The van der Waals surface area contributed by atoms with Crippen molar-refractivity contribution < 1.29 is 66.4 Å². The number of nitrogens with zero attached hydrogens (tertiary/aromatic N) is 2. The van der Waals surface area contributed by atoms with Gasteiger partial charge in [-0.05, 0) is 123 Å². The van der Waals surface area contributed by atoms with E-state index in [0.717, 1.165) is 38.8 Å². The van der Waals surface area contributed by atoms with Crippen LogP contribution in [0.1, 0.15) is 89.3 Å². The number of carboxylic acid groups (broad SMARTS) is 1. The molecule has 0 bridgehead atoms. The molecule has 0 atom stereocenters. The summed E-state index contributed by atoms with van der Waals surface area (Å²) < 4.78 is 136. The van der Waals surface area contributed by atoms with Gasteiger partial charge >= 0.3 is 5.97 Å². The normalized spacial score (nSPS) is 18.7. The van der Waals surface area contributed by atoms with E-state index in [-0.39, 0.29) is 29.1 Å². The second-order valence-corrected chi connectivity index (χ2v) is 24.9. The van der Waals surface area contributed by atoms with Crippen molar-refractivity contribution in [1.82, 2.24) is 0 Å². The Morgan fingerprint density at radius 1 is 0.716 bits per heavy atom. The summed E-state index contributed by atoms with van der Waals surface area (Å²) in [5, 5.41) is 9.39. The molecule has 0 radical (unpaired) electrons. The highest BCUT2D eigenvalue weighted by molar-refractivity contribution is 8.03. The number of carboxylic acids is 1. The van der Waals surface area contributed by atoms with Gasteiger partial charge in [-0.3, -0.25) is 23.0 Å². The average molecular weight is 1020 g/mol. The Hall–Kier alpha value is -4.45. The van der Waals surface area contributed by atoms with Gasteiger partial charge in [-0.15, -0.1) is 0 Å². The third kappa shape index (κ3) is 12.6. The van der Waals surface area contributed by atoms with Crippen molar-refractivity contribution in [3.8, 4) is 0 Å². The number of rotatable bonds is 19. The molecule has 3 aliphatic rings. The molecular formula is C46H55N2O14S5+. The van der Waals surface area contributed by atoms with Crippen molar-refractivity contribution in [2.75, 3.05) is 29.5 Å². The van der Waals surface area contributed by atoms with E-state index >= 15 is 0 Å². The molecule has 0 amide bonds. The van der Waals surface area contributed by atoms with Crippen LogP contribution in [0, 0.1) is 0 Å². The summed E-state index contributed by atoms with van der Waals surface area (Å²) in [6, 6.07) is 15.9. The number of allylic oxidation sites excluding steroid dienone is 7. The Balaban J connectivity index is 1.48. The highest BCUT2D eigenvalue weighted by Crippen LogP contribution is 2.50. The lowest BCUT2D eigenvalue weighted by atomic mass is 9.81. The summed E-state index contributed by atoms with van der Waals surface area (Å²) in [7, 11) is -17.5. The second kappa shape index (κ2) is 19.9. The number of hydrogen-bond acceptors (Lipinski definition) is 11. The number of thioether (sulfide) groups is 1. The van der Waals surface area contributed by atoms with Crippen LogP contribution in [0.25, 0.3) is 0 Å². The van der Waals surface area contributed by atoms with E-state index in [2.05, 4.69) is 0 Å². The van der Waals surface area contributed by atoms with Crippen LogP contribution in [0.4, 0.5) is 11.4 Å². The average Bonchev–Trinajstić information content (AvgIpc) is 3.56. The van der Waals surface area contributed by atoms with Crippen LogP contribution >= 0.6 is 11.8 Å². The minimum atomic E-state index is -4.54. The standard InChI is InChI=1S/C46H54N2O14S5/c1-45(2)37-29-35(66(57,58)59)18-20-39(37)47(24-5-7-26-64(51,52)53)41(45)22-14-32-10-9-11-33(44(32)63-34-16-12-31(13-17-34)28-43(49)50)15-23-42-46(3,4)38-30-36(67(60,61)62)19-21-40(38)48(42)25-6-8-27-65(54,55)56/h12-23,29-30H,5-11,24-28H2,1-4H3,(H4-,49,50,51,52,53,54,55,56,57,58,59,60,61,62)/p+1. The van der Waals surface area contributed by atoms with Gasteiger partial charge in [-0.1, -0.05) is 49.9 Å². The van der Waals surface area contributed by atoms with E-state index < -0.39 is 68.8 Å². The molecule has 0 spiro atoms. The van der Waals surface area contributed by atoms with E-state index in [0.29, 0.717) is 66.8 Å². The molecule has 0 aromatic heterocycles. The Morgan fingerprint density at radius 2 is 1.31 bits per heavy atom. The number of anilines is 1. The molecule has 21 heteroatoms. The fourth-order valence-corrected chi connectivity index (χ4v) is 12.2.